The fourth-order valence-electron chi connectivity index (χ4n) is 6.49. The van der Waals surface area contributed by atoms with Gasteiger partial charge in [-0.3, -0.25) is 9.63 Å². The topological polar surface area (TPSA) is 41.6 Å². The van der Waals surface area contributed by atoms with E-state index in [1.54, 1.807) is 0 Å². The van der Waals surface area contributed by atoms with Crippen LogP contribution in [0.15, 0.2) is 30.3 Å². The first kappa shape index (κ1) is 33.8. The van der Waals surface area contributed by atoms with Gasteiger partial charge in [-0.2, -0.15) is 5.06 Å². The van der Waals surface area contributed by atoms with E-state index in [0.29, 0.717) is 6.42 Å². The molecule has 224 valence electrons. The lowest BCUT2D eigenvalue weighted by Gasteiger charge is -2.60. The summed E-state index contributed by atoms with van der Waals surface area (Å²) in [4.78, 5) is 19.8. The average Bonchev–Trinajstić information content (AvgIpc) is 2.95. The standard InChI is InChI=1S/C35H62N2O2/c1-8-11-12-13-14-15-16-17-18-19-20-24-27-33(38)36-32-28-34(6,9-2)37(35(7,10-3)29(32)4)39-30(5)31-25-22-21-23-26-31/h21-23,25-26,29-30,32H,8-20,24,27-28H2,1-7H3,(H,36,38). The molecule has 0 aromatic heterocycles. The van der Waals surface area contributed by atoms with Crippen LogP contribution in [-0.2, 0) is 9.63 Å². The number of carbonyl (C=O) groups is 1. The van der Waals surface area contributed by atoms with Crippen molar-refractivity contribution in [1.29, 1.82) is 0 Å². The number of carbonyl (C=O) groups excluding carboxylic acids is 1. The maximum atomic E-state index is 13.0. The zero-order valence-corrected chi connectivity index (χ0v) is 26.7. The highest BCUT2D eigenvalue weighted by Gasteiger charge is 2.54. The van der Waals surface area contributed by atoms with Crippen molar-refractivity contribution < 1.29 is 9.63 Å². The van der Waals surface area contributed by atoms with E-state index >= 15 is 0 Å². The molecule has 1 aliphatic rings. The number of hydrogen-bond donors (Lipinski definition) is 1. The van der Waals surface area contributed by atoms with E-state index in [9.17, 15) is 4.79 Å². The van der Waals surface area contributed by atoms with Crippen molar-refractivity contribution in [3.63, 3.8) is 0 Å². The molecule has 5 atom stereocenters. The summed E-state index contributed by atoms with van der Waals surface area (Å²) in [6.45, 7) is 15.9. The summed E-state index contributed by atoms with van der Waals surface area (Å²) < 4.78 is 0. The predicted octanol–water partition coefficient (Wildman–Crippen LogP) is 9.93. The monoisotopic (exact) mass is 542 g/mol. The van der Waals surface area contributed by atoms with E-state index in [2.05, 4.69) is 89.2 Å². The van der Waals surface area contributed by atoms with Crippen molar-refractivity contribution in [2.45, 2.75) is 174 Å². The SMILES string of the molecule is CCCCCCCCCCCCCCC(=O)NC1CC(C)(CC)N(OC(C)c2ccccc2)C(C)(CC)C1C. The molecule has 2 rings (SSSR count). The molecule has 4 heteroatoms. The molecule has 39 heavy (non-hydrogen) atoms. The van der Waals surface area contributed by atoms with Gasteiger partial charge in [0.1, 0.15) is 6.10 Å². The summed E-state index contributed by atoms with van der Waals surface area (Å²) in [7, 11) is 0. The highest BCUT2D eigenvalue weighted by molar-refractivity contribution is 5.76. The summed E-state index contributed by atoms with van der Waals surface area (Å²) in [5.74, 6) is 0.513. The van der Waals surface area contributed by atoms with Crippen LogP contribution in [0.3, 0.4) is 0 Å². The molecule has 1 aromatic carbocycles. The lowest BCUT2D eigenvalue weighted by Crippen LogP contribution is -2.70. The van der Waals surface area contributed by atoms with Gasteiger partial charge in [-0.15, -0.1) is 0 Å². The van der Waals surface area contributed by atoms with Crippen molar-refractivity contribution in [2.24, 2.45) is 5.92 Å². The fourth-order valence-corrected chi connectivity index (χ4v) is 6.49. The van der Waals surface area contributed by atoms with Gasteiger partial charge in [-0.1, -0.05) is 129 Å². The van der Waals surface area contributed by atoms with Crippen molar-refractivity contribution >= 4 is 5.91 Å². The molecule has 1 N–H and O–H groups in total. The number of nitrogens with zero attached hydrogens (tertiary/aromatic N) is 1. The minimum Gasteiger partial charge on any atom is -0.353 e. The first-order chi connectivity index (χ1) is 18.7. The number of benzene rings is 1. The highest BCUT2D eigenvalue weighted by atomic mass is 16.7. The molecule has 5 unspecified atom stereocenters. The smallest absolute Gasteiger partial charge is 0.220 e. The van der Waals surface area contributed by atoms with Gasteiger partial charge < -0.3 is 5.32 Å². The molecule has 1 saturated heterocycles. The van der Waals surface area contributed by atoms with Gasteiger partial charge in [0.15, 0.2) is 0 Å². The third kappa shape index (κ3) is 10.2. The molecule has 0 saturated carbocycles. The van der Waals surface area contributed by atoms with E-state index in [0.717, 1.165) is 25.7 Å². The molecule has 4 nitrogen and oxygen atoms in total. The van der Waals surface area contributed by atoms with Crippen molar-refractivity contribution in [1.82, 2.24) is 10.4 Å². The molecular formula is C35H62N2O2. The van der Waals surface area contributed by atoms with Gasteiger partial charge in [0.25, 0.3) is 0 Å². The summed E-state index contributed by atoms with van der Waals surface area (Å²) in [6.07, 6.45) is 19.3. The first-order valence-corrected chi connectivity index (χ1v) is 16.5. The Hall–Kier alpha value is -1.39. The fraction of sp³-hybridized carbons (Fsp3) is 0.800. The second-order valence-electron chi connectivity index (χ2n) is 12.8. The van der Waals surface area contributed by atoms with Crippen LogP contribution in [0.25, 0.3) is 0 Å². The van der Waals surface area contributed by atoms with E-state index in [4.69, 9.17) is 4.84 Å². The van der Waals surface area contributed by atoms with E-state index in [1.807, 2.05) is 0 Å². The van der Waals surface area contributed by atoms with Crippen LogP contribution >= 0.6 is 0 Å². The van der Waals surface area contributed by atoms with Crippen LogP contribution in [0.4, 0.5) is 0 Å². The van der Waals surface area contributed by atoms with Gasteiger partial charge in [-0.05, 0) is 57.9 Å². The van der Waals surface area contributed by atoms with E-state index in [1.165, 1.54) is 76.2 Å². The maximum Gasteiger partial charge on any atom is 0.220 e. The molecule has 1 aromatic rings. The molecule has 0 bridgehead atoms. The Morgan fingerprint density at radius 1 is 0.897 bits per heavy atom. The molecule has 0 aliphatic carbocycles. The zero-order valence-electron chi connectivity index (χ0n) is 26.7. The molecule has 1 heterocycles. The summed E-state index contributed by atoms with van der Waals surface area (Å²) in [5.41, 5.74) is 0.883. The predicted molar refractivity (Wildman–Crippen MR) is 167 cm³/mol. The normalized spacial score (nSPS) is 26.4. The van der Waals surface area contributed by atoms with Gasteiger partial charge >= 0.3 is 0 Å². The van der Waals surface area contributed by atoms with Crippen molar-refractivity contribution in [3.05, 3.63) is 35.9 Å². The second kappa shape index (κ2) is 17.4. The zero-order chi connectivity index (χ0) is 28.7. The van der Waals surface area contributed by atoms with E-state index in [-0.39, 0.29) is 35.0 Å². The Morgan fingerprint density at radius 3 is 1.95 bits per heavy atom. The van der Waals surface area contributed by atoms with Crippen molar-refractivity contribution in [3.8, 4) is 0 Å². The number of hydroxylamine groups is 2. The molecule has 1 fully saturated rings. The van der Waals surface area contributed by atoms with E-state index < -0.39 is 0 Å². The average molecular weight is 543 g/mol. The molecule has 0 radical (unpaired) electrons. The Labute approximate surface area is 242 Å². The Bertz CT molecular complexity index is 799. The minimum absolute atomic E-state index is 0.0212. The van der Waals surface area contributed by atoms with Gasteiger partial charge in [0, 0.05) is 23.5 Å². The van der Waals surface area contributed by atoms with Crippen LogP contribution in [0.1, 0.15) is 163 Å². The Morgan fingerprint density at radius 2 is 1.44 bits per heavy atom. The number of rotatable bonds is 19. The lowest BCUT2D eigenvalue weighted by atomic mass is 9.68. The molecule has 0 spiro atoms. The number of hydrogen-bond acceptors (Lipinski definition) is 3. The quantitative estimate of drug-likeness (QED) is 0.177. The van der Waals surface area contributed by atoms with Crippen LogP contribution in [0.5, 0.6) is 0 Å². The van der Waals surface area contributed by atoms with Crippen LogP contribution in [-0.4, -0.2) is 28.1 Å². The molecule has 1 aliphatic heterocycles. The minimum atomic E-state index is -0.167. The van der Waals surface area contributed by atoms with Crippen molar-refractivity contribution in [2.75, 3.05) is 0 Å². The largest absolute Gasteiger partial charge is 0.353 e. The summed E-state index contributed by atoms with van der Waals surface area (Å²) in [6, 6.07) is 10.7. The maximum absolute atomic E-state index is 13.0. The third-order valence-corrected chi connectivity index (χ3v) is 9.81. The molecular weight excluding hydrogens is 480 g/mol. The Balaban J connectivity index is 1.81. The number of nitrogens with one attached hydrogen (secondary N) is 1. The Kier molecular flexibility index (Phi) is 15.1. The van der Waals surface area contributed by atoms with Crippen LogP contribution in [0.2, 0.25) is 0 Å². The van der Waals surface area contributed by atoms with Crippen LogP contribution in [0, 0.1) is 5.92 Å². The van der Waals surface area contributed by atoms with Crippen LogP contribution < -0.4 is 5.32 Å². The van der Waals surface area contributed by atoms with Gasteiger partial charge in [-0.25, -0.2) is 0 Å². The number of piperidine rings is 1. The highest BCUT2D eigenvalue weighted by Crippen LogP contribution is 2.47. The molecule has 1 amide bonds. The first-order valence-electron chi connectivity index (χ1n) is 16.5. The van der Waals surface area contributed by atoms with Gasteiger partial charge in [0.05, 0.1) is 0 Å². The summed E-state index contributed by atoms with van der Waals surface area (Å²) >= 11 is 0. The number of amides is 1. The summed E-state index contributed by atoms with van der Waals surface area (Å²) in [5, 5.41) is 5.79. The lowest BCUT2D eigenvalue weighted by molar-refractivity contribution is -0.327. The second-order valence-corrected chi connectivity index (χ2v) is 12.8. The third-order valence-electron chi connectivity index (χ3n) is 9.81. The van der Waals surface area contributed by atoms with Gasteiger partial charge in [0.2, 0.25) is 5.91 Å². The number of unbranched alkanes of at least 4 members (excludes halogenated alkanes) is 11.